The van der Waals surface area contributed by atoms with Crippen molar-refractivity contribution >= 4 is 23.0 Å². The van der Waals surface area contributed by atoms with Crippen molar-refractivity contribution in [1.82, 2.24) is 9.47 Å². The van der Waals surface area contributed by atoms with E-state index >= 15 is 0 Å². The fraction of sp³-hybridized carbons (Fsp3) is 0.565. The molecule has 3 rings (SSSR count). The molecule has 2 aromatic rings. The summed E-state index contributed by atoms with van der Waals surface area (Å²) in [7, 11) is 1.41. The number of hydrogen-bond acceptors (Lipinski definition) is 4. The SMILES string of the molecule is COC(=O)c1c(C)n(C(C)C2CCCN(C(=O)OC(C)(C)C)C2)c2ccccc12. The smallest absolute Gasteiger partial charge is 0.410 e. The molecule has 6 heteroatoms. The molecular formula is C23H32N2O4. The zero-order chi connectivity index (χ0) is 21.3. The number of carbonyl (C=O) groups excluding carboxylic acids is 2. The average Bonchev–Trinajstić information content (AvgIpc) is 2.97. The minimum atomic E-state index is -0.502. The molecule has 2 atom stereocenters. The molecule has 6 nitrogen and oxygen atoms in total. The van der Waals surface area contributed by atoms with Crippen molar-refractivity contribution in [2.45, 2.75) is 59.1 Å². The number of piperidine rings is 1. The first-order valence-electron chi connectivity index (χ1n) is 10.3. The molecule has 0 N–H and O–H groups in total. The van der Waals surface area contributed by atoms with Crippen LogP contribution in [0.5, 0.6) is 0 Å². The van der Waals surface area contributed by atoms with E-state index in [9.17, 15) is 9.59 Å². The molecule has 2 heterocycles. The maximum Gasteiger partial charge on any atom is 0.410 e. The fourth-order valence-corrected chi connectivity index (χ4v) is 4.38. The van der Waals surface area contributed by atoms with Crippen LogP contribution in [0.25, 0.3) is 10.9 Å². The van der Waals surface area contributed by atoms with Crippen molar-refractivity contribution < 1.29 is 19.1 Å². The molecule has 1 fully saturated rings. The van der Waals surface area contributed by atoms with Crippen molar-refractivity contribution in [3.8, 4) is 0 Å². The molecule has 29 heavy (non-hydrogen) atoms. The quantitative estimate of drug-likeness (QED) is 0.685. The second-order valence-corrected chi connectivity index (χ2v) is 8.91. The summed E-state index contributed by atoms with van der Waals surface area (Å²) >= 11 is 0. The molecule has 0 radical (unpaired) electrons. The number of amides is 1. The van der Waals surface area contributed by atoms with E-state index in [-0.39, 0.29) is 24.0 Å². The average molecular weight is 401 g/mol. The maximum atomic E-state index is 12.6. The Balaban J connectivity index is 1.91. The number of fused-ring (bicyclic) bond motifs is 1. The Kier molecular flexibility index (Phi) is 5.92. The van der Waals surface area contributed by atoms with Gasteiger partial charge in [0.05, 0.1) is 12.7 Å². The molecule has 1 amide bonds. The van der Waals surface area contributed by atoms with Crippen LogP contribution in [-0.2, 0) is 9.47 Å². The van der Waals surface area contributed by atoms with Gasteiger partial charge in [0, 0.05) is 35.7 Å². The van der Waals surface area contributed by atoms with Crippen molar-refractivity contribution in [1.29, 1.82) is 0 Å². The van der Waals surface area contributed by atoms with E-state index < -0.39 is 5.60 Å². The lowest BCUT2D eigenvalue weighted by atomic mass is 9.91. The van der Waals surface area contributed by atoms with Gasteiger partial charge in [0.15, 0.2) is 0 Å². The molecule has 0 aliphatic carbocycles. The van der Waals surface area contributed by atoms with E-state index in [1.807, 2.05) is 56.9 Å². The van der Waals surface area contributed by atoms with Gasteiger partial charge in [-0.25, -0.2) is 9.59 Å². The van der Waals surface area contributed by atoms with E-state index in [0.29, 0.717) is 12.1 Å². The molecular weight excluding hydrogens is 368 g/mol. The normalized spacial score (nSPS) is 18.6. The summed E-state index contributed by atoms with van der Waals surface area (Å²) in [5, 5.41) is 0.906. The number of ether oxygens (including phenoxy) is 2. The van der Waals surface area contributed by atoms with Crippen molar-refractivity contribution in [2.75, 3.05) is 20.2 Å². The Labute approximate surface area is 172 Å². The summed E-state index contributed by atoms with van der Waals surface area (Å²) in [5.41, 5.74) is 2.04. The van der Waals surface area contributed by atoms with Gasteiger partial charge in [-0.15, -0.1) is 0 Å². The number of likely N-dealkylation sites (tertiary alicyclic amines) is 1. The number of rotatable bonds is 3. The number of aromatic nitrogens is 1. The minimum absolute atomic E-state index is 0.128. The second-order valence-electron chi connectivity index (χ2n) is 8.91. The second kappa shape index (κ2) is 8.09. The molecule has 1 aromatic carbocycles. The van der Waals surface area contributed by atoms with E-state index in [4.69, 9.17) is 9.47 Å². The number of methoxy groups -OCH3 is 1. The molecule has 2 unspecified atom stereocenters. The lowest BCUT2D eigenvalue weighted by molar-refractivity contribution is 0.0140. The van der Waals surface area contributed by atoms with Crippen LogP contribution >= 0.6 is 0 Å². The van der Waals surface area contributed by atoms with Gasteiger partial charge in [-0.2, -0.15) is 0 Å². The summed E-state index contributed by atoms with van der Waals surface area (Å²) in [6, 6.07) is 8.06. The summed E-state index contributed by atoms with van der Waals surface area (Å²) in [6.07, 6.45) is 1.72. The topological polar surface area (TPSA) is 60.8 Å². The third kappa shape index (κ3) is 4.26. The number of hydrogen-bond donors (Lipinski definition) is 0. The Morgan fingerprint density at radius 3 is 2.55 bits per heavy atom. The molecule has 0 spiro atoms. The zero-order valence-electron chi connectivity index (χ0n) is 18.3. The number of para-hydroxylation sites is 1. The molecule has 0 saturated carbocycles. The van der Waals surface area contributed by atoms with Gasteiger partial charge in [0.1, 0.15) is 5.60 Å². The Bertz CT molecular complexity index is 909. The highest BCUT2D eigenvalue weighted by molar-refractivity contribution is 6.05. The lowest BCUT2D eigenvalue weighted by Crippen LogP contribution is -2.44. The summed E-state index contributed by atoms with van der Waals surface area (Å²) in [6.45, 7) is 11.2. The van der Waals surface area contributed by atoms with Crippen molar-refractivity contribution in [3.05, 3.63) is 35.5 Å². The van der Waals surface area contributed by atoms with E-state index in [2.05, 4.69) is 11.5 Å². The van der Waals surface area contributed by atoms with Gasteiger partial charge >= 0.3 is 12.1 Å². The van der Waals surface area contributed by atoms with Gasteiger partial charge in [-0.1, -0.05) is 18.2 Å². The maximum absolute atomic E-state index is 12.6. The van der Waals surface area contributed by atoms with Gasteiger partial charge in [-0.3, -0.25) is 0 Å². The van der Waals surface area contributed by atoms with Crippen molar-refractivity contribution in [3.63, 3.8) is 0 Å². The predicted octanol–water partition coefficient (Wildman–Crippen LogP) is 4.94. The first-order valence-corrected chi connectivity index (χ1v) is 10.3. The van der Waals surface area contributed by atoms with Crippen LogP contribution in [0.1, 0.15) is 62.6 Å². The van der Waals surface area contributed by atoms with Gasteiger partial charge < -0.3 is 18.9 Å². The third-order valence-corrected chi connectivity index (χ3v) is 5.74. The summed E-state index contributed by atoms with van der Waals surface area (Å²) in [4.78, 5) is 26.8. The third-order valence-electron chi connectivity index (χ3n) is 5.74. The summed E-state index contributed by atoms with van der Waals surface area (Å²) < 4.78 is 12.8. The molecule has 1 aliphatic heterocycles. The van der Waals surface area contributed by atoms with Crippen molar-refractivity contribution in [2.24, 2.45) is 5.92 Å². The number of nitrogens with zero attached hydrogens (tertiary/aromatic N) is 2. The Morgan fingerprint density at radius 1 is 1.21 bits per heavy atom. The highest BCUT2D eigenvalue weighted by Crippen LogP contribution is 2.35. The first kappa shape index (κ1) is 21.2. The van der Waals surface area contributed by atoms with E-state index in [1.54, 1.807) is 0 Å². The Morgan fingerprint density at radius 2 is 1.90 bits per heavy atom. The van der Waals surface area contributed by atoms with Crippen LogP contribution in [0.2, 0.25) is 0 Å². The summed E-state index contributed by atoms with van der Waals surface area (Å²) in [5.74, 6) is -0.0417. The Hall–Kier alpha value is -2.50. The van der Waals surface area contributed by atoms with E-state index in [0.717, 1.165) is 36.0 Å². The van der Waals surface area contributed by atoms with E-state index in [1.165, 1.54) is 7.11 Å². The predicted molar refractivity (Wildman–Crippen MR) is 113 cm³/mol. The first-order chi connectivity index (χ1) is 13.6. The molecule has 158 valence electrons. The highest BCUT2D eigenvalue weighted by Gasteiger charge is 2.32. The zero-order valence-corrected chi connectivity index (χ0v) is 18.3. The largest absolute Gasteiger partial charge is 0.465 e. The molecule has 1 saturated heterocycles. The lowest BCUT2D eigenvalue weighted by Gasteiger charge is -2.37. The minimum Gasteiger partial charge on any atom is -0.465 e. The molecule has 1 aromatic heterocycles. The molecule has 0 bridgehead atoms. The van der Waals surface area contributed by atoms with Gasteiger partial charge in [0.2, 0.25) is 0 Å². The fourth-order valence-electron chi connectivity index (χ4n) is 4.38. The van der Waals surface area contributed by atoms with Crippen LogP contribution in [0, 0.1) is 12.8 Å². The van der Waals surface area contributed by atoms with Crippen LogP contribution in [0.3, 0.4) is 0 Å². The number of esters is 1. The number of benzene rings is 1. The highest BCUT2D eigenvalue weighted by atomic mass is 16.6. The van der Waals surface area contributed by atoms with Gasteiger partial charge in [-0.05, 0) is 59.4 Å². The van der Waals surface area contributed by atoms with Crippen LogP contribution in [-0.4, -0.2) is 47.3 Å². The standard InChI is InChI=1S/C23H32N2O4/c1-15(17-10-9-13-24(14-17)22(27)29-23(3,4)5)25-16(2)20(21(26)28-6)18-11-7-8-12-19(18)25/h7-8,11-12,15,17H,9-10,13-14H2,1-6H3. The van der Waals surface area contributed by atoms with Crippen LogP contribution in [0.15, 0.2) is 24.3 Å². The van der Waals surface area contributed by atoms with Gasteiger partial charge in [0.25, 0.3) is 0 Å². The monoisotopic (exact) mass is 400 g/mol. The number of carbonyl (C=O) groups is 2. The molecule has 1 aliphatic rings. The van der Waals surface area contributed by atoms with Crippen LogP contribution in [0.4, 0.5) is 4.79 Å². The van der Waals surface area contributed by atoms with Crippen LogP contribution < -0.4 is 0 Å².